The van der Waals surface area contributed by atoms with Crippen LogP contribution < -0.4 is 14.8 Å². The van der Waals surface area contributed by atoms with E-state index in [2.05, 4.69) is 5.32 Å². The first-order valence-electron chi connectivity index (χ1n) is 10.0. The molecule has 0 bridgehead atoms. The molecule has 1 heterocycles. The van der Waals surface area contributed by atoms with Gasteiger partial charge in [0.05, 0.1) is 30.7 Å². The lowest BCUT2D eigenvalue weighted by Crippen LogP contribution is -2.30. The van der Waals surface area contributed by atoms with Gasteiger partial charge >= 0.3 is 0 Å². The highest BCUT2D eigenvalue weighted by molar-refractivity contribution is 7.89. The van der Waals surface area contributed by atoms with Crippen molar-refractivity contribution in [3.63, 3.8) is 0 Å². The van der Waals surface area contributed by atoms with Gasteiger partial charge in [-0.2, -0.15) is 4.31 Å². The van der Waals surface area contributed by atoms with Crippen LogP contribution in [0.2, 0.25) is 0 Å². The largest absolute Gasteiger partial charge is 0.497 e. The Bertz CT molecular complexity index is 983. The second-order valence-corrected chi connectivity index (χ2v) is 9.12. The maximum atomic E-state index is 13.1. The lowest BCUT2D eigenvalue weighted by Gasteiger charge is -2.20. The molecule has 0 aliphatic carbocycles. The van der Waals surface area contributed by atoms with Crippen molar-refractivity contribution in [1.82, 2.24) is 9.62 Å². The molecule has 1 amide bonds. The van der Waals surface area contributed by atoms with Crippen LogP contribution in [0.4, 0.5) is 0 Å². The topological polar surface area (TPSA) is 84.9 Å². The molecule has 30 heavy (non-hydrogen) atoms. The zero-order valence-electron chi connectivity index (χ0n) is 17.6. The number of nitrogens with one attached hydrogen (secondary N) is 1. The zero-order chi connectivity index (χ0) is 21.7. The van der Waals surface area contributed by atoms with Gasteiger partial charge in [-0.3, -0.25) is 4.79 Å². The number of hydrogen-bond donors (Lipinski definition) is 1. The van der Waals surface area contributed by atoms with E-state index in [1.165, 1.54) is 29.6 Å². The molecule has 2 aromatic rings. The van der Waals surface area contributed by atoms with Crippen LogP contribution in [0.1, 0.15) is 48.1 Å². The lowest BCUT2D eigenvalue weighted by molar-refractivity contribution is 0.0932. The van der Waals surface area contributed by atoms with E-state index < -0.39 is 10.0 Å². The van der Waals surface area contributed by atoms with Gasteiger partial charge in [-0.25, -0.2) is 8.42 Å². The molecule has 162 valence electrons. The molecule has 1 aliphatic rings. The summed E-state index contributed by atoms with van der Waals surface area (Å²) in [5.74, 6) is 0.687. The molecule has 1 fully saturated rings. The number of amides is 1. The van der Waals surface area contributed by atoms with Gasteiger partial charge in [0.15, 0.2) is 0 Å². The van der Waals surface area contributed by atoms with Crippen LogP contribution in [0, 0.1) is 0 Å². The predicted molar refractivity (Wildman–Crippen MR) is 114 cm³/mol. The molecule has 3 rings (SSSR count). The van der Waals surface area contributed by atoms with Gasteiger partial charge in [0.2, 0.25) is 10.0 Å². The van der Waals surface area contributed by atoms with Gasteiger partial charge in [-0.05, 0) is 55.2 Å². The van der Waals surface area contributed by atoms with Gasteiger partial charge in [0, 0.05) is 13.1 Å². The Morgan fingerprint density at radius 2 is 1.73 bits per heavy atom. The minimum absolute atomic E-state index is 0.104. The van der Waals surface area contributed by atoms with Gasteiger partial charge in [-0.15, -0.1) is 0 Å². The molecule has 7 nitrogen and oxygen atoms in total. The normalized spacial score (nSPS) is 15.6. The summed E-state index contributed by atoms with van der Waals surface area (Å²) in [6.07, 6.45) is 2.37. The summed E-state index contributed by atoms with van der Waals surface area (Å²) in [5.41, 5.74) is 1.14. The number of methoxy groups -OCH3 is 2. The smallest absolute Gasteiger partial charge is 0.255 e. The van der Waals surface area contributed by atoms with Crippen LogP contribution in [0.25, 0.3) is 0 Å². The Hall–Kier alpha value is -2.58. The number of ether oxygens (including phenoxy) is 2. The molecule has 1 N–H and O–H groups in total. The fourth-order valence-corrected chi connectivity index (χ4v) is 5.14. The third-order valence-electron chi connectivity index (χ3n) is 5.35. The Labute approximate surface area is 178 Å². The number of benzene rings is 2. The number of hydrogen-bond acceptors (Lipinski definition) is 5. The molecule has 2 aromatic carbocycles. The highest BCUT2D eigenvalue weighted by Gasteiger charge is 2.29. The second-order valence-electron chi connectivity index (χ2n) is 7.18. The van der Waals surface area contributed by atoms with E-state index in [9.17, 15) is 13.2 Å². The molecule has 0 spiro atoms. The van der Waals surface area contributed by atoms with Crippen LogP contribution in [-0.2, 0) is 10.0 Å². The average molecular weight is 433 g/mol. The first kappa shape index (κ1) is 22.1. The lowest BCUT2D eigenvalue weighted by atomic mass is 10.0. The molecule has 0 radical (unpaired) electrons. The van der Waals surface area contributed by atoms with Gasteiger partial charge in [-0.1, -0.05) is 19.1 Å². The molecule has 1 unspecified atom stereocenters. The summed E-state index contributed by atoms with van der Waals surface area (Å²) in [7, 11) is -0.569. The van der Waals surface area contributed by atoms with Crippen molar-refractivity contribution < 1.29 is 22.7 Å². The number of carbonyl (C=O) groups is 1. The van der Waals surface area contributed by atoms with E-state index in [1.807, 2.05) is 31.2 Å². The fraction of sp³-hybridized carbons (Fsp3) is 0.409. The SMILES string of the molecule is CCC(NC(=O)c1cc(S(=O)(=O)N2CCCC2)ccc1OC)c1ccc(OC)cc1. The quantitative estimate of drug-likeness (QED) is 0.691. The van der Waals surface area contributed by atoms with E-state index >= 15 is 0 Å². The third kappa shape index (κ3) is 4.60. The number of nitrogens with zero attached hydrogens (tertiary/aromatic N) is 1. The van der Waals surface area contributed by atoms with Crippen LogP contribution >= 0.6 is 0 Å². The average Bonchev–Trinajstić information content (AvgIpc) is 3.33. The first-order valence-corrected chi connectivity index (χ1v) is 11.5. The number of sulfonamides is 1. The summed E-state index contributed by atoms with van der Waals surface area (Å²) in [5, 5.41) is 2.99. The fourth-order valence-electron chi connectivity index (χ4n) is 3.60. The maximum Gasteiger partial charge on any atom is 0.255 e. The van der Waals surface area contributed by atoms with Crippen molar-refractivity contribution >= 4 is 15.9 Å². The van der Waals surface area contributed by atoms with Crippen LogP contribution in [0.3, 0.4) is 0 Å². The second kappa shape index (κ2) is 9.49. The maximum absolute atomic E-state index is 13.1. The monoisotopic (exact) mass is 432 g/mol. The van der Waals surface area contributed by atoms with Gasteiger partial charge in [0.25, 0.3) is 5.91 Å². The molecular formula is C22H28N2O5S. The van der Waals surface area contributed by atoms with E-state index in [-0.39, 0.29) is 22.4 Å². The van der Waals surface area contributed by atoms with E-state index in [4.69, 9.17) is 9.47 Å². The predicted octanol–water partition coefficient (Wildman–Crippen LogP) is 3.37. The molecule has 0 saturated carbocycles. The van der Waals surface area contributed by atoms with Crippen molar-refractivity contribution in [2.75, 3.05) is 27.3 Å². The van der Waals surface area contributed by atoms with Crippen molar-refractivity contribution in [3.05, 3.63) is 53.6 Å². The van der Waals surface area contributed by atoms with Crippen LogP contribution in [0.15, 0.2) is 47.4 Å². The highest BCUT2D eigenvalue weighted by atomic mass is 32.2. The third-order valence-corrected chi connectivity index (χ3v) is 7.24. The van der Waals surface area contributed by atoms with Gasteiger partial charge in [0.1, 0.15) is 11.5 Å². The summed E-state index contributed by atoms with van der Waals surface area (Å²) < 4.78 is 37.8. The summed E-state index contributed by atoms with van der Waals surface area (Å²) in [4.78, 5) is 13.2. The molecule has 1 aliphatic heterocycles. The Kier molecular flexibility index (Phi) is 6.99. The Balaban J connectivity index is 1.87. The molecule has 1 atom stereocenters. The number of rotatable bonds is 8. The zero-order valence-corrected chi connectivity index (χ0v) is 18.4. The molecule has 0 aromatic heterocycles. The van der Waals surface area contributed by atoms with E-state index in [1.54, 1.807) is 7.11 Å². The summed E-state index contributed by atoms with van der Waals surface area (Å²) in [6.45, 7) is 2.98. The minimum Gasteiger partial charge on any atom is -0.497 e. The molecule has 1 saturated heterocycles. The highest BCUT2D eigenvalue weighted by Crippen LogP contribution is 2.28. The van der Waals surface area contributed by atoms with Crippen LogP contribution in [-0.4, -0.2) is 45.9 Å². The Morgan fingerprint density at radius 1 is 1.07 bits per heavy atom. The minimum atomic E-state index is -3.63. The molecular weight excluding hydrogens is 404 g/mol. The Morgan fingerprint density at radius 3 is 2.30 bits per heavy atom. The standard InChI is InChI=1S/C22H28N2O5S/c1-4-20(16-7-9-17(28-2)10-8-16)23-22(25)19-15-18(11-12-21(19)29-3)30(26,27)24-13-5-6-14-24/h7-12,15,20H,4-6,13-14H2,1-3H3,(H,23,25). The van der Waals surface area contributed by atoms with Crippen molar-refractivity contribution in [1.29, 1.82) is 0 Å². The van der Waals surface area contributed by atoms with Crippen LogP contribution in [0.5, 0.6) is 11.5 Å². The first-order chi connectivity index (χ1) is 14.4. The molecule has 8 heteroatoms. The van der Waals surface area contributed by atoms with Crippen molar-refractivity contribution in [2.45, 2.75) is 37.1 Å². The van der Waals surface area contributed by atoms with E-state index in [0.717, 1.165) is 24.2 Å². The van der Waals surface area contributed by atoms with Gasteiger partial charge < -0.3 is 14.8 Å². The summed E-state index contributed by atoms with van der Waals surface area (Å²) >= 11 is 0. The van der Waals surface area contributed by atoms with Crippen molar-refractivity contribution in [3.8, 4) is 11.5 Å². The summed E-state index contributed by atoms with van der Waals surface area (Å²) in [6, 6.07) is 11.7. The van der Waals surface area contributed by atoms with E-state index in [0.29, 0.717) is 25.3 Å². The van der Waals surface area contributed by atoms with Crippen molar-refractivity contribution in [2.24, 2.45) is 0 Å². The number of carbonyl (C=O) groups excluding carboxylic acids is 1.